The Kier molecular flexibility index (Phi) is 3.92. The number of phenolic OH excluding ortho intramolecular Hbond substituents is 1. The monoisotopic (exact) mass is 224 g/mol. The highest BCUT2D eigenvalue weighted by Crippen LogP contribution is 2.26. The molecule has 0 bridgehead atoms. The molecule has 82 valence electrons. The molecule has 15 heavy (non-hydrogen) atoms. The molecule has 1 heterocycles. The molecule has 2 nitrogen and oxygen atoms in total. The summed E-state index contributed by atoms with van der Waals surface area (Å²) in [7, 11) is 0. The van der Waals surface area contributed by atoms with Crippen molar-refractivity contribution in [3.05, 3.63) is 24.3 Å². The lowest BCUT2D eigenvalue weighted by atomic mass is 10.0. The Balaban J connectivity index is 1.79. The lowest BCUT2D eigenvalue weighted by Gasteiger charge is -2.21. The highest BCUT2D eigenvalue weighted by molar-refractivity contribution is 7.99. The van der Waals surface area contributed by atoms with E-state index in [1.54, 1.807) is 12.1 Å². The van der Waals surface area contributed by atoms with Crippen LogP contribution in [0.4, 0.5) is 0 Å². The maximum atomic E-state index is 9.15. The van der Waals surface area contributed by atoms with Crippen LogP contribution in [0.5, 0.6) is 5.75 Å². The van der Waals surface area contributed by atoms with Gasteiger partial charge in [0.1, 0.15) is 5.75 Å². The van der Waals surface area contributed by atoms with Gasteiger partial charge in [0.15, 0.2) is 0 Å². The molecule has 1 N–H and O–H groups in total. The molecule has 0 saturated carbocycles. The van der Waals surface area contributed by atoms with E-state index >= 15 is 0 Å². The van der Waals surface area contributed by atoms with Crippen LogP contribution < -0.4 is 0 Å². The maximum Gasteiger partial charge on any atom is 0.115 e. The molecule has 1 aliphatic rings. The molecular formula is C12H16O2S. The van der Waals surface area contributed by atoms with Crippen LogP contribution in [0.3, 0.4) is 0 Å². The second-order valence-corrected chi connectivity index (χ2v) is 4.95. The molecule has 0 amide bonds. The Labute approximate surface area is 94.6 Å². The molecule has 1 aliphatic heterocycles. The molecule has 3 heteroatoms. The minimum Gasteiger partial charge on any atom is -0.508 e. The standard InChI is InChI=1S/C12H16O2S/c13-11-1-3-12(4-2-11)15-9-10-5-7-14-8-6-10/h1-4,10,13H,5-9H2. The molecule has 1 aromatic carbocycles. The van der Waals surface area contributed by atoms with E-state index in [0.717, 1.165) is 24.9 Å². The van der Waals surface area contributed by atoms with E-state index in [4.69, 9.17) is 9.84 Å². The van der Waals surface area contributed by atoms with Crippen molar-refractivity contribution in [1.29, 1.82) is 0 Å². The number of aromatic hydroxyl groups is 1. The predicted octanol–water partition coefficient (Wildman–Crippen LogP) is 2.91. The first-order valence-electron chi connectivity index (χ1n) is 5.34. The minimum atomic E-state index is 0.338. The van der Waals surface area contributed by atoms with Crippen LogP contribution in [0.25, 0.3) is 0 Å². The van der Waals surface area contributed by atoms with Gasteiger partial charge in [0.2, 0.25) is 0 Å². The highest BCUT2D eigenvalue weighted by atomic mass is 32.2. The van der Waals surface area contributed by atoms with Crippen LogP contribution in [-0.4, -0.2) is 24.1 Å². The molecule has 1 aromatic rings. The first-order chi connectivity index (χ1) is 7.34. The van der Waals surface area contributed by atoms with E-state index in [1.807, 2.05) is 23.9 Å². The Morgan fingerprint density at radius 1 is 1.20 bits per heavy atom. The predicted molar refractivity (Wildman–Crippen MR) is 62.4 cm³/mol. The Morgan fingerprint density at radius 2 is 1.87 bits per heavy atom. The smallest absolute Gasteiger partial charge is 0.115 e. The lowest BCUT2D eigenvalue weighted by molar-refractivity contribution is 0.0728. The van der Waals surface area contributed by atoms with Gasteiger partial charge in [-0.15, -0.1) is 11.8 Å². The summed E-state index contributed by atoms with van der Waals surface area (Å²) in [5, 5.41) is 9.15. The molecule has 0 aliphatic carbocycles. The van der Waals surface area contributed by atoms with Gasteiger partial charge in [0.05, 0.1) is 0 Å². The highest BCUT2D eigenvalue weighted by Gasteiger charge is 2.13. The summed E-state index contributed by atoms with van der Waals surface area (Å²) >= 11 is 1.87. The van der Waals surface area contributed by atoms with Gasteiger partial charge >= 0.3 is 0 Å². The summed E-state index contributed by atoms with van der Waals surface area (Å²) in [6.45, 7) is 1.83. The van der Waals surface area contributed by atoms with Crippen molar-refractivity contribution in [2.24, 2.45) is 5.92 Å². The molecule has 0 unspecified atom stereocenters. The van der Waals surface area contributed by atoms with E-state index in [0.29, 0.717) is 5.75 Å². The number of benzene rings is 1. The number of thioether (sulfide) groups is 1. The number of hydrogen-bond donors (Lipinski definition) is 1. The molecule has 2 rings (SSSR count). The van der Waals surface area contributed by atoms with Crippen LogP contribution in [0.15, 0.2) is 29.2 Å². The Hall–Kier alpha value is -0.670. The molecule has 1 saturated heterocycles. The average molecular weight is 224 g/mol. The molecule has 0 radical (unpaired) electrons. The van der Waals surface area contributed by atoms with Gasteiger partial charge in [-0.2, -0.15) is 0 Å². The van der Waals surface area contributed by atoms with Gasteiger partial charge in [-0.25, -0.2) is 0 Å². The SMILES string of the molecule is Oc1ccc(SCC2CCOCC2)cc1. The number of hydrogen-bond acceptors (Lipinski definition) is 3. The maximum absolute atomic E-state index is 9.15. The number of rotatable bonds is 3. The molecule has 0 atom stereocenters. The van der Waals surface area contributed by atoms with E-state index in [2.05, 4.69) is 0 Å². The largest absolute Gasteiger partial charge is 0.508 e. The molecular weight excluding hydrogens is 208 g/mol. The summed E-state index contributed by atoms with van der Waals surface area (Å²) in [5.74, 6) is 2.29. The summed E-state index contributed by atoms with van der Waals surface area (Å²) < 4.78 is 5.33. The zero-order valence-corrected chi connectivity index (χ0v) is 9.50. The van der Waals surface area contributed by atoms with E-state index in [-0.39, 0.29) is 0 Å². The van der Waals surface area contributed by atoms with Crippen LogP contribution in [-0.2, 0) is 4.74 Å². The van der Waals surface area contributed by atoms with Crippen molar-refractivity contribution in [3.63, 3.8) is 0 Å². The molecule has 1 fully saturated rings. The van der Waals surface area contributed by atoms with Gasteiger partial charge in [-0.3, -0.25) is 0 Å². The first kappa shape index (κ1) is 10.8. The summed E-state index contributed by atoms with van der Waals surface area (Å²) in [4.78, 5) is 1.24. The van der Waals surface area contributed by atoms with E-state index in [9.17, 15) is 0 Å². The van der Waals surface area contributed by atoms with Crippen LogP contribution in [0.2, 0.25) is 0 Å². The third-order valence-corrected chi connectivity index (χ3v) is 3.91. The quantitative estimate of drug-likeness (QED) is 0.800. The van der Waals surface area contributed by atoms with Crippen molar-refractivity contribution in [2.75, 3.05) is 19.0 Å². The van der Waals surface area contributed by atoms with Gasteiger partial charge < -0.3 is 9.84 Å². The fourth-order valence-electron chi connectivity index (χ4n) is 1.67. The first-order valence-corrected chi connectivity index (χ1v) is 6.33. The molecule has 0 aromatic heterocycles. The van der Waals surface area contributed by atoms with Gasteiger partial charge in [-0.1, -0.05) is 0 Å². The van der Waals surface area contributed by atoms with Crippen molar-refractivity contribution < 1.29 is 9.84 Å². The van der Waals surface area contributed by atoms with Crippen LogP contribution in [0, 0.1) is 5.92 Å². The third kappa shape index (κ3) is 3.43. The summed E-state index contributed by atoms with van der Waals surface area (Å²) in [5.41, 5.74) is 0. The van der Waals surface area contributed by atoms with Crippen molar-refractivity contribution >= 4 is 11.8 Å². The van der Waals surface area contributed by atoms with Crippen LogP contribution >= 0.6 is 11.8 Å². The van der Waals surface area contributed by atoms with E-state index in [1.165, 1.54) is 17.7 Å². The van der Waals surface area contributed by atoms with Gasteiger partial charge in [0, 0.05) is 23.9 Å². The number of ether oxygens (including phenoxy) is 1. The van der Waals surface area contributed by atoms with Crippen molar-refractivity contribution in [3.8, 4) is 5.75 Å². The van der Waals surface area contributed by atoms with Gasteiger partial charge in [0.25, 0.3) is 0 Å². The zero-order valence-electron chi connectivity index (χ0n) is 8.69. The summed E-state index contributed by atoms with van der Waals surface area (Å²) in [6, 6.07) is 7.43. The lowest BCUT2D eigenvalue weighted by Crippen LogP contribution is -2.17. The third-order valence-electron chi connectivity index (χ3n) is 2.66. The summed E-state index contributed by atoms with van der Waals surface area (Å²) in [6.07, 6.45) is 2.37. The fraction of sp³-hybridized carbons (Fsp3) is 0.500. The Bertz CT molecular complexity index is 291. The normalized spacial score (nSPS) is 17.9. The molecule has 0 spiro atoms. The van der Waals surface area contributed by atoms with Gasteiger partial charge in [-0.05, 0) is 43.0 Å². The topological polar surface area (TPSA) is 29.5 Å². The van der Waals surface area contributed by atoms with Crippen molar-refractivity contribution in [2.45, 2.75) is 17.7 Å². The fourth-order valence-corrected chi connectivity index (χ4v) is 2.76. The van der Waals surface area contributed by atoms with Crippen molar-refractivity contribution in [1.82, 2.24) is 0 Å². The average Bonchev–Trinajstić information content (AvgIpc) is 2.30. The van der Waals surface area contributed by atoms with Crippen LogP contribution in [0.1, 0.15) is 12.8 Å². The number of phenols is 1. The second-order valence-electron chi connectivity index (χ2n) is 3.86. The Morgan fingerprint density at radius 3 is 2.53 bits per heavy atom. The minimum absolute atomic E-state index is 0.338. The second kappa shape index (κ2) is 5.42. The van der Waals surface area contributed by atoms with E-state index < -0.39 is 0 Å². The zero-order chi connectivity index (χ0) is 10.5.